The normalized spacial score (nSPS) is 10.6. The van der Waals surface area contributed by atoms with Crippen LogP contribution in [0.15, 0.2) is 23.4 Å². The zero-order valence-corrected chi connectivity index (χ0v) is 13.3. The van der Waals surface area contributed by atoms with E-state index in [9.17, 15) is 4.79 Å². The van der Waals surface area contributed by atoms with Gasteiger partial charge in [-0.15, -0.1) is 5.10 Å². The molecular formula is C14H19N5OS. The van der Waals surface area contributed by atoms with Crippen molar-refractivity contribution >= 4 is 17.7 Å². The van der Waals surface area contributed by atoms with Gasteiger partial charge < -0.3 is 5.32 Å². The van der Waals surface area contributed by atoms with Crippen LogP contribution in [0.5, 0.6) is 0 Å². The van der Waals surface area contributed by atoms with Gasteiger partial charge in [0.05, 0.1) is 11.4 Å². The summed E-state index contributed by atoms with van der Waals surface area (Å²) < 4.78 is 1.70. The number of tetrazole rings is 1. The van der Waals surface area contributed by atoms with Gasteiger partial charge in [0, 0.05) is 6.54 Å². The summed E-state index contributed by atoms with van der Waals surface area (Å²) in [6.07, 6.45) is 0.927. The van der Waals surface area contributed by atoms with E-state index in [0.29, 0.717) is 17.5 Å². The Balaban J connectivity index is 2.14. The maximum absolute atomic E-state index is 11.7. The van der Waals surface area contributed by atoms with Crippen molar-refractivity contribution in [1.29, 1.82) is 0 Å². The number of aromatic nitrogens is 4. The zero-order valence-electron chi connectivity index (χ0n) is 12.5. The van der Waals surface area contributed by atoms with E-state index < -0.39 is 0 Å². The Hall–Kier alpha value is -1.89. The SMILES string of the molecule is CCCNC(=O)CSc1nnnn1-c1c(C)cccc1C. The van der Waals surface area contributed by atoms with E-state index in [2.05, 4.69) is 20.8 Å². The summed E-state index contributed by atoms with van der Waals surface area (Å²) in [5.74, 6) is 0.309. The van der Waals surface area contributed by atoms with Crippen LogP contribution in [-0.2, 0) is 4.79 Å². The molecule has 7 heteroatoms. The second-order valence-electron chi connectivity index (χ2n) is 4.75. The first-order valence-corrected chi connectivity index (χ1v) is 7.86. The minimum absolute atomic E-state index is 0.00194. The molecule has 2 aromatic rings. The first-order chi connectivity index (χ1) is 10.1. The topological polar surface area (TPSA) is 72.7 Å². The molecule has 0 aliphatic carbocycles. The highest BCUT2D eigenvalue weighted by Gasteiger charge is 2.14. The summed E-state index contributed by atoms with van der Waals surface area (Å²) in [4.78, 5) is 11.7. The first-order valence-electron chi connectivity index (χ1n) is 6.88. The Kier molecular flexibility index (Phi) is 5.32. The Bertz CT molecular complexity index is 605. The van der Waals surface area contributed by atoms with E-state index in [0.717, 1.165) is 23.2 Å². The molecule has 1 heterocycles. The van der Waals surface area contributed by atoms with Crippen LogP contribution in [0.25, 0.3) is 5.69 Å². The van der Waals surface area contributed by atoms with Gasteiger partial charge in [-0.3, -0.25) is 4.79 Å². The predicted octanol–water partition coefficient (Wildman–Crippen LogP) is 1.90. The maximum atomic E-state index is 11.7. The lowest BCUT2D eigenvalue weighted by Crippen LogP contribution is -2.25. The summed E-state index contributed by atoms with van der Waals surface area (Å²) in [6.45, 7) is 6.76. The average molecular weight is 305 g/mol. The van der Waals surface area contributed by atoms with Gasteiger partial charge in [0.15, 0.2) is 0 Å². The number of benzene rings is 1. The number of amides is 1. The van der Waals surface area contributed by atoms with Crippen molar-refractivity contribution in [1.82, 2.24) is 25.5 Å². The van der Waals surface area contributed by atoms with Gasteiger partial charge in [-0.2, -0.15) is 4.68 Å². The minimum atomic E-state index is -0.00194. The molecule has 0 radical (unpaired) electrons. The number of nitrogens with one attached hydrogen (secondary N) is 1. The molecule has 112 valence electrons. The first kappa shape index (κ1) is 15.5. The van der Waals surface area contributed by atoms with Crippen LogP contribution in [0.4, 0.5) is 0 Å². The third-order valence-electron chi connectivity index (χ3n) is 3.00. The number of carbonyl (C=O) groups excluding carboxylic acids is 1. The maximum Gasteiger partial charge on any atom is 0.230 e. The van der Waals surface area contributed by atoms with Gasteiger partial charge in [-0.1, -0.05) is 36.9 Å². The number of carbonyl (C=O) groups is 1. The van der Waals surface area contributed by atoms with Crippen molar-refractivity contribution in [2.24, 2.45) is 0 Å². The van der Waals surface area contributed by atoms with Crippen LogP contribution in [0.2, 0.25) is 0 Å². The minimum Gasteiger partial charge on any atom is -0.355 e. The standard InChI is InChI=1S/C14H19N5OS/c1-4-8-15-12(20)9-21-14-16-17-18-19(14)13-10(2)6-5-7-11(13)3/h5-7H,4,8-9H2,1-3H3,(H,15,20). The fourth-order valence-corrected chi connectivity index (χ4v) is 2.70. The van der Waals surface area contributed by atoms with Gasteiger partial charge in [0.1, 0.15) is 0 Å². The number of para-hydroxylation sites is 1. The molecule has 0 aliphatic heterocycles. The molecular weight excluding hydrogens is 286 g/mol. The molecule has 0 unspecified atom stereocenters. The molecule has 1 aromatic heterocycles. The predicted molar refractivity (Wildman–Crippen MR) is 82.7 cm³/mol. The highest BCUT2D eigenvalue weighted by atomic mass is 32.2. The van der Waals surface area contributed by atoms with Crippen LogP contribution in [0, 0.1) is 13.8 Å². The van der Waals surface area contributed by atoms with Crippen LogP contribution in [0.3, 0.4) is 0 Å². The summed E-state index contributed by atoms with van der Waals surface area (Å²) in [7, 11) is 0. The lowest BCUT2D eigenvalue weighted by Gasteiger charge is -2.10. The molecule has 0 fully saturated rings. The molecule has 1 amide bonds. The fourth-order valence-electron chi connectivity index (χ4n) is 1.99. The lowest BCUT2D eigenvalue weighted by atomic mass is 10.1. The average Bonchev–Trinajstić information content (AvgIpc) is 2.91. The molecule has 1 N–H and O–H groups in total. The highest BCUT2D eigenvalue weighted by Crippen LogP contribution is 2.23. The smallest absolute Gasteiger partial charge is 0.230 e. The van der Waals surface area contributed by atoms with Crippen molar-refractivity contribution in [2.75, 3.05) is 12.3 Å². The number of thioether (sulfide) groups is 1. The molecule has 0 saturated heterocycles. The van der Waals surface area contributed by atoms with Crippen LogP contribution >= 0.6 is 11.8 Å². The lowest BCUT2D eigenvalue weighted by molar-refractivity contribution is -0.118. The number of aryl methyl sites for hydroxylation is 2. The molecule has 0 aliphatic rings. The Morgan fingerprint density at radius 1 is 1.33 bits per heavy atom. The number of nitrogens with zero attached hydrogens (tertiary/aromatic N) is 4. The van der Waals surface area contributed by atoms with Crippen molar-refractivity contribution in [2.45, 2.75) is 32.3 Å². The van der Waals surface area contributed by atoms with E-state index in [1.165, 1.54) is 11.8 Å². The Morgan fingerprint density at radius 3 is 2.71 bits per heavy atom. The molecule has 21 heavy (non-hydrogen) atoms. The summed E-state index contributed by atoms with van der Waals surface area (Å²) in [5, 5.41) is 15.3. The molecule has 1 aromatic carbocycles. The Morgan fingerprint density at radius 2 is 2.05 bits per heavy atom. The van der Waals surface area contributed by atoms with Gasteiger partial charge in [-0.05, 0) is 41.8 Å². The monoisotopic (exact) mass is 305 g/mol. The molecule has 2 rings (SSSR count). The third-order valence-corrected chi connectivity index (χ3v) is 3.92. The van der Waals surface area contributed by atoms with Gasteiger partial charge >= 0.3 is 0 Å². The number of hydrogen-bond donors (Lipinski definition) is 1. The molecule has 0 atom stereocenters. The largest absolute Gasteiger partial charge is 0.355 e. The molecule has 0 spiro atoms. The third kappa shape index (κ3) is 3.81. The second kappa shape index (κ2) is 7.21. The molecule has 0 saturated carbocycles. The van der Waals surface area contributed by atoms with Crippen molar-refractivity contribution in [3.05, 3.63) is 29.3 Å². The molecule has 6 nitrogen and oxygen atoms in total. The van der Waals surface area contributed by atoms with Crippen LogP contribution < -0.4 is 5.32 Å². The van der Waals surface area contributed by atoms with Crippen molar-refractivity contribution in [3.8, 4) is 5.69 Å². The molecule has 0 bridgehead atoms. The zero-order chi connectivity index (χ0) is 15.2. The van der Waals surface area contributed by atoms with Gasteiger partial charge in [0.2, 0.25) is 11.1 Å². The number of rotatable bonds is 6. The van der Waals surface area contributed by atoms with Crippen molar-refractivity contribution < 1.29 is 4.79 Å². The summed E-state index contributed by atoms with van der Waals surface area (Å²) in [5.41, 5.74) is 3.16. The number of hydrogen-bond acceptors (Lipinski definition) is 5. The Labute approximate surface area is 128 Å². The van der Waals surface area contributed by atoms with Gasteiger partial charge in [-0.25, -0.2) is 0 Å². The van der Waals surface area contributed by atoms with E-state index in [-0.39, 0.29) is 5.91 Å². The quantitative estimate of drug-likeness (QED) is 0.825. The van der Waals surface area contributed by atoms with E-state index in [1.54, 1.807) is 4.68 Å². The second-order valence-corrected chi connectivity index (χ2v) is 5.69. The van der Waals surface area contributed by atoms with E-state index in [4.69, 9.17) is 0 Å². The van der Waals surface area contributed by atoms with E-state index >= 15 is 0 Å². The highest BCUT2D eigenvalue weighted by molar-refractivity contribution is 7.99. The van der Waals surface area contributed by atoms with E-state index in [1.807, 2.05) is 39.0 Å². The summed E-state index contributed by atoms with van der Waals surface area (Å²) >= 11 is 1.34. The van der Waals surface area contributed by atoms with Crippen LogP contribution in [0.1, 0.15) is 24.5 Å². The van der Waals surface area contributed by atoms with Gasteiger partial charge in [0.25, 0.3) is 0 Å². The fraction of sp³-hybridized carbons (Fsp3) is 0.429. The van der Waals surface area contributed by atoms with Crippen LogP contribution in [-0.4, -0.2) is 38.4 Å². The summed E-state index contributed by atoms with van der Waals surface area (Å²) in [6, 6.07) is 6.04. The van der Waals surface area contributed by atoms with Crippen molar-refractivity contribution in [3.63, 3.8) is 0 Å².